The van der Waals surface area contributed by atoms with Crippen molar-refractivity contribution in [2.24, 2.45) is 5.92 Å². The van der Waals surface area contributed by atoms with Gasteiger partial charge in [-0.2, -0.15) is 0 Å². The van der Waals surface area contributed by atoms with Crippen LogP contribution in [0.1, 0.15) is 57.4 Å². The molecule has 0 aliphatic carbocycles. The molecule has 2 aromatic rings. The summed E-state index contributed by atoms with van der Waals surface area (Å²) in [4.78, 5) is 27.7. The summed E-state index contributed by atoms with van der Waals surface area (Å²) in [5.74, 6) is -0.301. The summed E-state index contributed by atoms with van der Waals surface area (Å²) in [5.41, 5.74) is 2.90. The number of carbonyl (C=O) groups is 2. The standard InChI is InChI=1S/C26H29NO5/c1-15(2)23(28)21-22(17-7-9-18(10-8-17)26(3,4)5)27(25(30)24(21)29)13-16-6-11-19-20(12-16)32-14-31-19/h6-12,15,22,29H,13-14H2,1-5H3. The van der Waals surface area contributed by atoms with Crippen molar-refractivity contribution >= 4 is 11.7 Å². The van der Waals surface area contributed by atoms with E-state index in [9.17, 15) is 14.7 Å². The van der Waals surface area contributed by atoms with Crippen LogP contribution in [0, 0.1) is 5.92 Å². The highest BCUT2D eigenvalue weighted by Crippen LogP contribution is 2.41. The lowest BCUT2D eigenvalue weighted by Crippen LogP contribution is -2.31. The van der Waals surface area contributed by atoms with E-state index in [0.29, 0.717) is 11.5 Å². The van der Waals surface area contributed by atoms with E-state index in [1.165, 1.54) is 0 Å². The molecule has 2 aliphatic heterocycles. The van der Waals surface area contributed by atoms with Crippen molar-refractivity contribution in [2.75, 3.05) is 6.79 Å². The minimum absolute atomic E-state index is 0.0231. The zero-order chi connectivity index (χ0) is 23.2. The van der Waals surface area contributed by atoms with Gasteiger partial charge in [-0.05, 0) is 34.2 Å². The van der Waals surface area contributed by atoms with E-state index < -0.39 is 17.7 Å². The number of ketones is 1. The Labute approximate surface area is 188 Å². The van der Waals surface area contributed by atoms with Gasteiger partial charge in [-0.3, -0.25) is 9.59 Å². The Bertz CT molecular complexity index is 1090. The minimum atomic E-state index is -0.656. The first-order chi connectivity index (χ1) is 15.1. The molecule has 1 unspecified atom stereocenters. The average Bonchev–Trinajstić information content (AvgIpc) is 3.30. The normalized spacial score (nSPS) is 18.1. The molecule has 2 aliphatic rings. The molecule has 0 fully saturated rings. The van der Waals surface area contributed by atoms with E-state index in [-0.39, 0.29) is 36.0 Å². The van der Waals surface area contributed by atoms with Gasteiger partial charge in [0.15, 0.2) is 23.0 Å². The second kappa shape index (κ2) is 8.01. The van der Waals surface area contributed by atoms with E-state index >= 15 is 0 Å². The number of amides is 1. The molecular formula is C26H29NO5. The highest BCUT2D eigenvalue weighted by Gasteiger charge is 2.44. The Morgan fingerprint density at radius 1 is 1.09 bits per heavy atom. The molecule has 0 radical (unpaired) electrons. The van der Waals surface area contributed by atoms with Crippen LogP contribution in [0.4, 0.5) is 0 Å². The number of benzene rings is 2. The van der Waals surface area contributed by atoms with Gasteiger partial charge in [0, 0.05) is 12.5 Å². The number of aliphatic hydroxyl groups excluding tert-OH is 1. The molecular weight excluding hydrogens is 406 g/mol. The molecule has 32 heavy (non-hydrogen) atoms. The van der Waals surface area contributed by atoms with Crippen LogP contribution in [-0.4, -0.2) is 28.5 Å². The van der Waals surface area contributed by atoms with Crippen molar-refractivity contribution in [3.63, 3.8) is 0 Å². The quantitative estimate of drug-likeness (QED) is 0.728. The second-order valence-corrected chi connectivity index (χ2v) is 9.68. The largest absolute Gasteiger partial charge is 0.503 e. The summed E-state index contributed by atoms with van der Waals surface area (Å²) in [7, 11) is 0. The molecule has 6 nitrogen and oxygen atoms in total. The number of aliphatic hydroxyl groups is 1. The summed E-state index contributed by atoms with van der Waals surface area (Å²) in [6.45, 7) is 10.3. The molecule has 4 rings (SSSR count). The van der Waals surface area contributed by atoms with Gasteiger partial charge >= 0.3 is 0 Å². The van der Waals surface area contributed by atoms with Gasteiger partial charge in [-0.25, -0.2) is 0 Å². The van der Waals surface area contributed by atoms with Gasteiger partial charge in [0.1, 0.15) is 0 Å². The molecule has 2 aromatic carbocycles. The Balaban J connectivity index is 1.74. The zero-order valence-electron chi connectivity index (χ0n) is 19.1. The lowest BCUT2D eigenvalue weighted by molar-refractivity contribution is -0.130. The lowest BCUT2D eigenvalue weighted by atomic mass is 9.85. The van der Waals surface area contributed by atoms with Crippen molar-refractivity contribution in [2.45, 2.75) is 52.6 Å². The summed E-state index contributed by atoms with van der Waals surface area (Å²) >= 11 is 0. The van der Waals surface area contributed by atoms with Crippen molar-refractivity contribution in [3.05, 3.63) is 70.5 Å². The molecule has 0 saturated carbocycles. The highest BCUT2D eigenvalue weighted by atomic mass is 16.7. The molecule has 0 bridgehead atoms. The van der Waals surface area contributed by atoms with E-state index in [2.05, 4.69) is 20.8 Å². The Morgan fingerprint density at radius 2 is 1.75 bits per heavy atom. The first-order valence-electron chi connectivity index (χ1n) is 10.8. The second-order valence-electron chi connectivity index (χ2n) is 9.68. The SMILES string of the molecule is CC(C)C(=O)C1=C(O)C(=O)N(Cc2ccc3c(c2)OCO3)C1c1ccc(C(C)(C)C)cc1. The molecule has 168 valence electrons. The van der Waals surface area contributed by atoms with E-state index in [0.717, 1.165) is 16.7 Å². The molecule has 1 N–H and O–H groups in total. The number of rotatable bonds is 5. The van der Waals surface area contributed by atoms with Crippen molar-refractivity contribution < 1.29 is 24.2 Å². The van der Waals surface area contributed by atoms with Crippen LogP contribution in [0.5, 0.6) is 11.5 Å². The summed E-state index contributed by atoms with van der Waals surface area (Å²) in [5, 5.41) is 10.7. The van der Waals surface area contributed by atoms with Crippen LogP contribution in [0.25, 0.3) is 0 Å². The van der Waals surface area contributed by atoms with Crippen molar-refractivity contribution in [3.8, 4) is 11.5 Å². The number of nitrogens with zero attached hydrogens (tertiary/aromatic N) is 1. The number of hydrogen-bond acceptors (Lipinski definition) is 5. The first-order valence-corrected chi connectivity index (χ1v) is 10.8. The maximum absolute atomic E-state index is 13.1. The fraction of sp³-hybridized carbons (Fsp3) is 0.385. The fourth-order valence-corrected chi connectivity index (χ4v) is 4.13. The predicted molar refractivity (Wildman–Crippen MR) is 120 cm³/mol. The van der Waals surface area contributed by atoms with Gasteiger partial charge in [0.2, 0.25) is 6.79 Å². The van der Waals surface area contributed by atoms with E-state index in [1.807, 2.05) is 36.4 Å². The summed E-state index contributed by atoms with van der Waals surface area (Å²) in [6.07, 6.45) is 0. The van der Waals surface area contributed by atoms with Crippen LogP contribution >= 0.6 is 0 Å². The molecule has 0 saturated heterocycles. The van der Waals surface area contributed by atoms with Crippen LogP contribution in [0.3, 0.4) is 0 Å². The van der Waals surface area contributed by atoms with Crippen molar-refractivity contribution in [1.29, 1.82) is 0 Å². The first kappa shape index (κ1) is 21.9. The van der Waals surface area contributed by atoms with Crippen LogP contribution in [-0.2, 0) is 21.5 Å². The Morgan fingerprint density at radius 3 is 2.38 bits per heavy atom. The average molecular weight is 436 g/mol. The lowest BCUT2D eigenvalue weighted by Gasteiger charge is -2.28. The smallest absolute Gasteiger partial charge is 0.290 e. The van der Waals surface area contributed by atoms with Gasteiger partial charge in [0.25, 0.3) is 5.91 Å². The van der Waals surface area contributed by atoms with Gasteiger partial charge in [-0.15, -0.1) is 0 Å². The molecule has 0 spiro atoms. The maximum atomic E-state index is 13.1. The van der Waals surface area contributed by atoms with Crippen LogP contribution in [0.2, 0.25) is 0 Å². The van der Waals surface area contributed by atoms with Crippen LogP contribution in [0.15, 0.2) is 53.8 Å². The number of Topliss-reactive ketones (excluding diaryl/α,β-unsaturated/α-hetero) is 1. The van der Waals surface area contributed by atoms with E-state index in [4.69, 9.17) is 9.47 Å². The number of fused-ring (bicyclic) bond motifs is 1. The third kappa shape index (κ3) is 3.85. The summed E-state index contributed by atoms with van der Waals surface area (Å²) < 4.78 is 10.8. The zero-order valence-corrected chi connectivity index (χ0v) is 19.1. The van der Waals surface area contributed by atoms with E-state index in [1.54, 1.807) is 24.8 Å². The van der Waals surface area contributed by atoms with Gasteiger partial charge in [-0.1, -0.05) is 65.0 Å². The number of carbonyl (C=O) groups excluding carboxylic acids is 2. The molecule has 0 aromatic heterocycles. The fourth-order valence-electron chi connectivity index (χ4n) is 4.13. The monoisotopic (exact) mass is 435 g/mol. The maximum Gasteiger partial charge on any atom is 0.290 e. The Hall–Kier alpha value is -3.28. The van der Waals surface area contributed by atoms with Gasteiger partial charge in [0.05, 0.1) is 11.6 Å². The third-order valence-electron chi connectivity index (χ3n) is 5.98. The molecule has 6 heteroatoms. The third-order valence-corrected chi connectivity index (χ3v) is 5.98. The molecule has 2 heterocycles. The number of ether oxygens (including phenoxy) is 2. The topological polar surface area (TPSA) is 76.1 Å². The number of hydrogen-bond donors (Lipinski definition) is 1. The molecule has 1 atom stereocenters. The summed E-state index contributed by atoms with van der Waals surface area (Å²) in [6, 6.07) is 12.8. The van der Waals surface area contributed by atoms with Gasteiger partial charge < -0.3 is 19.5 Å². The van der Waals surface area contributed by atoms with Crippen molar-refractivity contribution in [1.82, 2.24) is 4.90 Å². The highest BCUT2D eigenvalue weighted by molar-refractivity contribution is 6.09. The Kier molecular flexibility index (Phi) is 5.49. The predicted octanol–water partition coefficient (Wildman–Crippen LogP) is 4.83. The van der Waals surface area contributed by atoms with Crippen LogP contribution < -0.4 is 9.47 Å². The molecule has 1 amide bonds. The minimum Gasteiger partial charge on any atom is -0.503 e.